The second kappa shape index (κ2) is 8.43. The molecule has 0 saturated carbocycles. The number of alkyl halides is 3. The number of carbonyl (C=O) groups excluding carboxylic acids is 1. The largest absolute Gasteiger partial charge is 0.417 e. The van der Waals surface area contributed by atoms with Gasteiger partial charge in [-0.25, -0.2) is 13.4 Å². The van der Waals surface area contributed by atoms with Gasteiger partial charge in [-0.1, -0.05) is 17.7 Å². The van der Waals surface area contributed by atoms with Crippen LogP contribution in [0.3, 0.4) is 0 Å². The SMILES string of the molecule is CS(=O)(=O)c1cc(Cl)ccc1CN1CCN(c2ccc(C(F)(F)F)cn2)CCC1=O. The first kappa shape index (κ1) is 22.4. The van der Waals surface area contributed by atoms with Gasteiger partial charge in [-0.2, -0.15) is 13.2 Å². The Balaban J connectivity index is 1.76. The Morgan fingerprint density at radius 2 is 1.87 bits per heavy atom. The van der Waals surface area contributed by atoms with Crippen molar-refractivity contribution < 1.29 is 26.4 Å². The zero-order valence-electron chi connectivity index (χ0n) is 16.0. The van der Waals surface area contributed by atoms with Gasteiger partial charge in [0.25, 0.3) is 0 Å². The average Bonchev–Trinajstić information content (AvgIpc) is 2.84. The summed E-state index contributed by atoms with van der Waals surface area (Å²) in [6.07, 6.45) is -2.49. The van der Waals surface area contributed by atoms with E-state index < -0.39 is 21.6 Å². The highest BCUT2D eigenvalue weighted by Gasteiger charge is 2.31. The van der Waals surface area contributed by atoms with Crippen LogP contribution in [0.2, 0.25) is 5.02 Å². The second-order valence-electron chi connectivity index (χ2n) is 6.98. The molecule has 0 spiro atoms. The van der Waals surface area contributed by atoms with Crippen LogP contribution >= 0.6 is 11.6 Å². The molecule has 1 amide bonds. The Morgan fingerprint density at radius 1 is 1.13 bits per heavy atom. The number of carbonyl (C=O) groups is 1. The summed E-state index contributed by atoms with van der Waals surface area (Å²) in [7, 11) is -3.54. The molecular formula is C19H19ClF3N3O3S. The lowest BCUT2D eigenvalue weighted by Gasteiger charge is -2.24. The van der Waals surface area contributed by atoms with Crippen molar-refractivity contribution in [3.05, 3.63) is 52.7 Å². The van der Waals surface area contributed by atoms with Crippen molar-refractivity contribution in [2.75, 3.05) is 30.8 Å². The van der Waals surface area contributed by atoms with E-state index in [1.165, 1.54) is 17.0 Å². The third-order valence-electron chi connectivity index (χ3n) is 4.78. The van der Waals surface area contributed by atoms with E-state index in [9.17, 15) is 26.4 Å². The van der Waals surface area contributed by atoms with E-state index in [1.807, 2.05) is 0 Å². The predicted molar refractivity (Wildman–Crippen MR) is 106 cm³/mol. The maximum Gasteiger partial charge on any atom is 0.417 e. The second-order valence-corrected chi connectivity index (χ2v) is 9.40. The minimum Gasteiger partial charge on any atom is -0.354 e. The molecule has 0 atom stereocenters. The first-order valence-corrected chi connectivity index (χ1v) is 11.3. The average molecular weight is 462 g/mol. The molecule has 1 saturated heterocycles. The highest BCUT2D eigenvalue weighted by molar-refractivity contribution is 7.90. The molecule has 1 aromatic carbocycles. The molecule has 1 aromatic heterocycles. The Bertz CT molecular complexity index is 1040. The molecule has 0 bridgehead atoms. The molecule has 0 N–H and O–H groups in total. The van der Waals surface area contributed by atoms with E-state index in [0.717, 1.165) is 18.5 Å². The predicted octanol–water partition coefficient (Wildman–Crippen LogP) is 3.40. The maximum absolute atomic E-state index is 12.7. The van der Waals surface area contributed by atoms with Gasteiger partial charge in [0.1, 0.15) is 5.82 Å². The normalized spacial score (nSPS) is 16.0. The van der Waals surface area contributed by atoms with E-state index in [1.54, 1.807) is 17.0 Å². The minimum absolute atomic E-state index is 0.0632. The molecular weight excluding hydrogens is 443 g/mol. The number of aromatic nitrogens is 1. The molecule has 0 radical (unpaired) electrons. The summed E-state index contributed by atoms with van der Waals surface area (Å²) in [5.74, 6) is 0.166. The summed E-state index contributed by atoms with van der Waals surface area (Å²) < 4.78 is 62.3. The van der Waals surface area contributed by atoms with Crippen LogP contribution in [-0.4, -0.2) is 50.1 Å². The van der Waals surface area contributed by atoms with Crippen LogP contribution in [0.4, 0.5) is 19.0 Å². The van der Waals surface area contributed by atoms with Gasteiger partial charge in [0, 0.05) is 50.1 Å². The molecule has 30 heavy (non-hydrogen) atoms. The van der Waals surface area contributed by atoms with Gasteiger partial charge in [0.15, 0.2) is 9.84 Å². The van der Waals surface area contributed by atoms with Crippen LogP contribution in [0.1, 0.15) is 17.5 Å². The van der Waals surface area contributed by atoms with Crippen LogP contribution in [0.25, 0.3) is 0 Å². The van der Waals surface area contributed by atoms with Gasteiger partial charge in [-0.05, 0) is 29.8 Å². The zero-order chi connectivity index (χ0) is 22.1. The first-order chi connectivity index (χ1) is 13.9. The Labute approximate surface area is 177 Å². The molecule has 6 nitrogen and oxygen atoms in total. The summed E-state index contributed by atoms with van der Waals surface area (Å²) in [6.45, 7) is 1.01. The number of sulfone groups is 1. The highest BCUT2D eigenvalue weighted by atomic mass is 35.5. The molecule has 1 aliphatic rings. The van der Waals surface area contributed by atoms with E-state index in [4.69, 9.17) is 11.6 Å². The number of hydrogen-bond acceptors (Lipinski definition) is 5. The fourth-order valence-corrected chi connectivity index (χ4v) is 4.40. The van der Waals surface area contributed by atoms with Crippen molar-refractivity contribution in [1.29, 1.82) is 0 Å². The lowest BCUT2D eigenvalue weighted by Crippen LogP contribution is -2.33. The summed E-state index contributed by atoms with van der Waals surface area (Å²) in [6, 6.07) is 6.73. The van der Waals surface area contributed by atoms with Crippen molar-refractivity contribution >= 4 is 33.2 Å². The number of hydrogen-bond donors (Lipinski definition) is 0. The topological polar surface area (TPSA) is 70.6 Å². The van der Waals surface area contributed by atoms with Crippen LogP contribution in [0, 0.1) is 0 Å². The molecule has 2 aromatic rings. The first-order valence-electron chi connectivity index (χ1n) is 8.99. The molecule has 2 heterocycles. The number of halogens is 4. The Hall–Kier alpha value is -2.33. The molecule has 1 fully saturated rings. The van der Waals surface area contributed by atoms with Crippen LogP contribution < -0.4 is 4.90 Å². The van der Waals surface area contributed by atoms with E-state index >= 15 is 0 Å². The molecule has 0 unspecified atom stereocenters. The molecule has 11 heteroatoms. The number of anilines is 1. The highest BCUT2D eigenvalue weighted by Crippen LogP contribution is 2.29. The van der Waals surface area contributed by atoms with E-state index in [2.05, 4.69) is 4.98 Å². The molecule has 162 valence electrons. The van der Waals surface area contributed by atoms with Crippen LogP contribution in [0.15, 0.2) is 41.4 Å². The van der Waals surface area contributed by atoms with Crippen molar-refractivity contribution in [1.82, 2.24) is 9.88 Å². The fourth-order valence-electron chi connectivity index (χ4n) is 3.21. The van der Waals surface area contributed by atoms with Crippen molar-refractivity contribution in [3.8, 4) is 0 Å². The summed E-state index contributed by atoms with van der Waals surface area (Å²) in [5.41, 5.74) is -0.383. The number of amides is 1. The van der Waals surface area contributed by atoms with Gasteiger partial charge in [-0.3, -0.25) is 4.79 Å². The standard InChI is InChI=1S/C19H19ClF3N3O3S/c1-30(28,29)16-10-15(20)4-2-13(16)12-26-9-8-25(7-6-18(26)27)17-5-3-14(11-24-17)19(21,22)23/h2-5,10-11H,6-9,12H2,1H3. The van der Waals surface area contributed by atoms with Crippen LogP contribution in [-0.2, 0) is 27.4 Å². The fraction of sp³-hybridized carbons (Fsp3) is 0.368. The van der Waals surface area contributed by atoms with Gasteiger partial charge < -0.3 is 9.80 Å². The van der Waals surface area contributed by atoms with Gasteiger partial charge in [-0.15, -0.1) is 0 Å². The lowest BCUT2D eigenvalue weighted by molar-refractivity contribution is -0.137. The summed E-state index contributed by atoms with van der Waals surface area (Å²) >= 11 is 5.92. The minimum atomic E-state index is -4.47. The number of rotatable bonds is 4. The Morgan fingerprint density at radius 3 is 2.47 bits per heavy atom. The lowest BCUT2D eigenvalue weighted by atomic mass is 10.2. The quantitative estimate of drug-likeness (QED) is 0.698. The van der Waals surface area contributed by atoms with Gasteiger partial charge in [0.05, 0.1) is 10.5 Å². The van der Waals surface area contributed by atoms with E-state index in [-0.39, 0.29) is 35.3 Å². The van der Waals surface area contributed by atoms with Gasteiger partial charge >= 0.3 is 6.18 Å². The van der Waals surface area contributed by atoms with Gasteiger partial charge in [0.2, 0.25) is 5.91 Å². The number of pyridine rings is 1. The van der Waals surface area contributed by atoms with E-state index in [0.29, 0.717) is 24.5 Å². The maximum atomic E-state index is 12.7. The van der Waals surface area contributed by atoms with Crippen molar-refractivity contribution in [2.45, 2.75) is 24.0 Å². The summed E-state index contributed by atoms with van der Waals surface area (Å²) in [5, 5.41) is 0.279. The van der Waals surface area contributed by atoms with Crippen molar-refractivity contribution in [3.63, 3.8) is 0 Å². The third-order valence-corrected chi connectivity index (χ3v) is 6.19. The molecule has 1 aliphatic heterocycles. The molecule has 3 rings (SSSR count). The third kappa shape index (κ3) is 5.23. The summed E-state index contributed by atoms with van der Waals surface area (Å²) in [4.78, 5) is 19.8. The smallest absolute Gasteiger partial charge is 0.354 e. The van der Waals surface area contributed by atoms with Crippen molar-refractivity contribution in [2.24, 2.45) is 0 Å². The Kier molecular flexibility index (Phi) is 6.28. The number of nitrogens with zero attached hydrogens (tertiary/aromatic N) is 3. The molecule has 0 aliphatic carbocycles. The number of benzene rings is 1. The monoisotopic (exact) mass is 461 g/mol. The zero-order valence-corrected chi connectivity index (χ0v) is 17.6. The van der Waals surface area contributed by atoms with Crippen LogP contribution in [0.5, 0.6) is 0 Å².